The molecule has 11 heteroatoms. The van der Waals surface area contributed by atoms with Crippen LogP contribution in [0.15, 0.2) is 11.6 Å². The van der Waals surface area contributed by atoms with Crippen molar-refractivity contribution >= 4 is 0 Å². The maximum Gasteiger partial charge on any atom is 0.186 e. The average Bonchev–Trinajstić information content (AvgIpc) is 2.75. The van der Waals surface area contributed by atoms with Crippen molar-refractivity contribution in [1.29, 1.82) is 0 Å². The fourth-order valence-electron chi connectivity index (χ4n) is 4.35. The predicted molar refractivity (Wildman–Crippen MR) is 101 cm³/mol. The molecule has 1 saturated heterocycles. The van der Waals surface area contributed by atoms with Crippen LogP contribution in [0.3, 0.4) is 0 Å². The molecule has 1 aliphatic heterocycles. The maximum absolute atomic E-state index is 10.2. The van der Waals surface area contributed by atoms with Crippen LogP contribution in [0.5, 0.6) is 0 Å². The molecule has 2 fully saturated rings. The first-order valence-corrected chi connectivity index (χ1v) is 10.3. The summed E-state index contributed by atoms with van der Waals surface area (Å²) in [5.41, 5.74) is 0.255. The van der Waals surface area contributed by atoms with Crippen LogP contribution in [0.2, 0.25) is 0 Å². The molecule has 1 unspecified atom stereocenters. The molecule has 0 bridgehead atoms. The predicted octanol–water partition coefficient (Wildman–Crippen LogP) is -3.91. The van der Waals surface area contributed by atoms with E-state index in [0.29, 0.717) is 25.7 Å². The Bertz CT molecular complexity index is 582. The van der Waals surface area contributed by atoms with Gasteiger partial charge in [0.05, 0.1) is 25.4 Å². The van der Waals surface area contributed by atoms with E-state index in [9.17, 15) is 40.9 Å². The van der Waals surface area contributed by atoms with E-state index in [-0.39, 0.29) is 17.7 Å². The maximum atomic E-state index is 10.2. The Kier molecular flexibility index (Phi) is 8.21. The van der Waals surface area contributed by atoms with Crippen LogP contribution in [0.1, 0.15) is 25.7 Å². The first kappa shape index (κ1) is 24.0. The molecule has 11 nitrogen and oxygen atoms in total. The third-order valence-electron chi connectivity index (χ3n) is 6.27. The van der Waals surface area contributed by atoms with Crippen LogP contribution in [0.25, 0.3) is 0 Å². The summed E-state index contributed by atoms with van der Waals surface area (Å²) in [4.78, 5) is 0. The Morgan fingerprint density at radius 3 is 2.13 bits per heavy atom. The van der Waals surface area contributed by atoms with Crippen molar-refractivity contribution in [3.8, 4) is 0 Å². The van der Waals surface area contributed by atoms with Gasteiger partial charge in [-0.3, -0.25) is 0 Å². The van der Waals surface area contributed by atoms with Crippen LogP contribution in [0.4, 0.5) is 0 Å². The van der Waals surface area contributed by atoms with Crippen LogP contribution in [-0.2, 0) is 9.47 Å². The van der Waals surface area contributed by atoms with Gasteiger partial charge < -0.3 is 55.6 Å². The Hall–Kier alpha value is -0.700. The fourth-order valence-corrected chi connectivity index (χ4v) is 4.35. The first-order valence-electron chi connectivity index (χ1n) is 10.3. The second-order valence-electron chi connectivity index (χ2n) is 8.33. The molecule has 9 N–H and O–H groups in total. The van der Waals surface area contributed by atoms with Crippen molar-refractivity contribution in [2.75, 3.05) is 13.2 Å². The van der Waals surface area contributed by atoms with Gasteiger partial charge >= 0.3 is 0 Å². The monoisotopic (exact) mass is 435 g/mol. The summed E-state index contributed by atoms with van der Waals surface area (Å²) in [7, 11) is 0. The SMILES string of the molecule is OCC1=C[C@H](NC2CCC(OC3O[C@H](CO)[C@@H](O)[C@H](O)[C@H]3O)CC2)[C@H](O)[C@@H](O)[C@@H]1O. The van der Waals surface area contributed by atoms with Crippen molar-refractivity contribution in [3.05, 3.63) is 11.6 Å². The van der Waals surface area contributed by atoms with Crippen LogP contribution >= 0.6 is 0 Å². The van der Waals surface area contributed by atoms with E-state index >= 15 is 0 Å². The summed E-state index contributed by atoms with van der Waals surface area (Å²) < 4.78 is 11.1. The molecule has 0 aromatic rings. The number of nitrogens with one attached hydrogen (secondary N) is 1. The average molecular weight is 435 g/mol. The van der Waals surface area contributed by atoms with E-state index < -0.39 is 68.3 Å². The summed E-state index contributed by atoms with van der Waals surface area (Å²) in [5, 5.41) is 81.6. The molecule has 1 saturated carbocycles. The molecule has 174 valence electrons. The van der Waals surface area contributed by atoms with Gasteiger partial charge in [0.25, 0.3) is 0 Å². The van der Waals surface area contributed by atoms with Crippen LogP contribution in [-0.4, -0.2) is 121 Å². The molecule has 9 atom stereocenters. The number of aliphatic hydroxyl groups is 8. The molecule has 3 aliphatic rings. The second kappa shape index (κ2) is 10.3. The van der Waals surface area contributed by atoms with Crippen LogP contribution in [0, 0.1) is 0 Å². The van der Waals surface area contributed by atoms with Crippen molar-refractivity contribution in [3.63, 3.8) is 0 Å². The van der Waals surface area contributed by atoms with Crippen molar-refractivity contribution in [2.45, 2.75) is 92.9 Å². The van der Waals surface area contributed by atoms with Gasteiger partial charge in [0.2, 0.25) is 0 Å². The van der Waals surface area contributed by atoms with E-state index in [1.807, 2.05) is 0 Å². The molecular formula is C19H33NO10. The van der Waals surface area contributed by atoms with E-state index in [1.54, 1.807) is 6.08 Å². The lowest BCUT2D eigenvalue weighted by Crippen LogP contribution is -2.60. The zero-order chi connectivity index (χ0) is 22.0. The Balaban J connectivity index is 1.51. The molecule has 0 aromatic heterocycles. The third-order valence-corrected chi connectivity index (χ3v) is 6.27. The van der Waals surface area contributed by atoms with Crippen molar-refractivity contribution in [1.82, 2.24) is 5.32 Å². The second-order valence-corrected chi connectivity index (χ2v) is 8.33. The lowest BCUT2D eigenvalue weighted by atomic mass is 9.86. The topological polar surface area (TPSA) is 192 Å². The van der Waals surface area contributed by atoms with E-state index in [2.05, 4.69) is 5.32 Å². The highest BCUT2D eigenvalue weighted by atomic mass is 16.7. The van der Waals surface area contributed by atoms with E-state index in [4.69, 9.17) is 9.47 Å². The van der Waals surface area contributed by atoms with Gasteiger partial charge in [-0.1, -0.05) is 6.08 Å². The standard InChI is InChI=1S/C19H33NO10/c21-6-8-5-11(14(24)16(26)13(8)23)20-9-1-3-10(4-2-9)29-19-18(28)17(27)15(25)12(7-22)30-19/h5,9-28H,1-4,6-7H2/t9?,10?,11-,12+,13+,14-,15+,16-,17-,18+,19?/m0/s1. The minimum atomic E-state index is -1.49. The lowest BCUT2D eigenvalue weighted by Gasteiger charge is -2.42. The number of hydrogen-bond acceptors (Lipinski definition) is 11. The summed E-state index contributed by atoms with van der Waals surface area (Å²) in [6.07, 6.45) is -6.66. The van der Waals surface area contributed by atoms with Crippen molar-refractivity contribution < 1.29 is 50.3 Å². The fraction of sp³-hybridized carbons (Fsp3) is 0.895. The van der Waals surface area contributed by atoms with Gasteiger partial charge in [-0.05, 0) is 31.3 Å². The van der Waals surface area contributed by atoms with Gasteiger partial charge in [-0.15, -0.1) is 0 Å². The quantitative estimate of drug-likeness (QED) is 0.185. The smallest absolute Gasteiger partial charge is 0.186 e. The van der Waals surface area contributed by atoms with Gasteiger partial charge in [0.1, 0.15) is 42.7 Å². The number of hydrogen-bond donors (Lipinski definition) is 9. The Labute approximate surface area is 174 Å². The highest BCUT2D eigenvalue weighted by molar-refractivity contribution is 5.22. The molecule has 2 aliphatic carbocycles. The molecule has 0 radical (unpaired) electrons. The van der Waals surface area contributed by atoms with E-state index in [1.165, 1.54) is 0 Å². The first-order chi connectivity index (χ1) is 14.3. The molecule has 0 aromatic carbocycles. The summed E-state index contributed by atoms with van der Waals surface area (Å²) in [6, 6.07) is -0.614. The van der Waals surface area contributed by atoms with Crippen LogP contribution < -0.4 is 5.32 Å². The van der Waals surface area contributed by atoms with Crippen molar-refractivity contribution in [2.24, 2.45) is 0 Å². The molecule has 3 rings (SSSR count). The van der Waals surface area contributed by atoms with Gasteiger partial charge in [0, 0.05) is 6.04 Å². The van der Waals surface area contributed by atoms with E-state index in [0.717, 1.165) is 0 Å². The van der Waals surface area contributed by atoms with Gasteiger partial charge in [0.15, 0.2) is 6.29 Å². The molecular weight excluding hydrogens is 402 g/mol. The molecule has 30 heavy (non-hydrogen) atoms. The number of aliphatic hydroxyl groups excluding tert-OH is 8. The highest BCUT2D eigenvalue weighted by Crippen LogP contribution is 2.29. The normalized spacial score (nSPS) is 47.7. The third kappa shape index (κ3) is 5.03. The number of rotatable bonds is 6. The molecule has 1 heterocycles. The molecule has 0 amide bonds. The Morgan fingerprint density at radius 1 is 0.867 bits per heavy atom. The minimum Gasteiger partial charge on any atom is -0.394 e. The lowest BCUT2D eigenvalue weighted by molar-refractivity contribution is -0.313. The zero-order valence-electron chi connectivity index (χ0n) is 16.6. The largest absolute Gasteiger partial charge is 0.394 e. The summed E-state index contributed by atoms with van der Waals surface area (Å²) >= 11 is 0. The number of ether oxygens (including phenoxy) is 2. The summed E-state index contributed by atoms with van der Waals surface area (Å²) in [5.74, 6) is 0. The minimum absolute atomic E-state index is 0.00191. The summed E-state index contributed by atoms with van der Waals surface area (Å²) in [6.45, 7) is -0.933. The Morgan fingerprint density at radius 2 is 1.53 bits per heavy atom. The molecule has 0 spiro atoms. The zero-order valence-corrected chi connectivity index (χ0v) is 16.6. The highest BCUT2D eigenvalue weighted by Gasteiger charge is 2.45. The van der Waals surface area contributed by atoms with Gasteiger partial charge in [-0.25, -0.2) is 0 Å². The van der Waals surface area contributed by atoms with Gasteiger partial charge in [-0.2, -0.15) is 0 Å².